The topological polar surface area (TPSA) is 43.5 Å². The van der Waals surface area contributed by atoms with Gasteiger partial charge in [-0.25, -0.2) is 4.79 Å². The van der Waals surface area contributed by atoms with E-state index >= 15 is 0 Å². The zero-order valence-corrected chi connectivity index (χ0v) is 24.9. The smallest absolute Gasteiger partial charge is 0.335 e. The Kier molecular flexibility index (Phi) is 7.48. The normalized spacial score (nSPS) is 18.2. The molecule has 0 aliphatic carbocycles. The first-order valence-electron chi connectivity index (χ1n) is 14.8. The first-order valence-corrected chi connectivity index (χ1v) is 14.8. The highest BCUT2D eigenvalue weighted by molar-refractivity contribution is 6.07. The van der Waals surface area contributed by atoms with Gasteiger partial charge in [-0.3, -0.25) is 0 Å². The van der Waals surface area contributed by atoms with E-state index in [-0.39, 0.29) is 10.8 Å². The fourth-order valence-electron chi connectivity index (χ4n) is 6.69. The highest BCUT2D eigenvalue weighted by Gasteiger charge is 2.45. The summed E-state index contributed by atoms with van der Waals surface area (Å²) in [5, 5.41) is 12.3. The van der Waals surface area contributed by atoms with Crippen LogP contribution in [0.25, 0.3) is 10.8 Å². The Labute approximate surface area is 239 Å². The number of allylic oxidation sites excluding steroid dienone is 4. The maximum absolute atomic E-state index is 11.8. The molecule has 40 heavy (non-hydrogen) atoms. The fraction of sp³-hybridized carbons (Fsp3) is 0.389. The van der Waals surface area contributed by atoms with Crippen LogP contribution >= 0.6 is 0 Å². The van der Waals surface area contributed by atoms with Crippen LogP contribution in [0, 0.1) is 0 Å². The van der Waals surface area contributed by atoms with Crippen LogP contribution in [0.2, 0.25) is 0 Å². The van der Waals surface area contributed by atoms with Crippen LogP contribution in [0.4, 0.5) is 11.4 Å². The zero-order valence-electron chi connectivity index (χ0n) is 24.9. The van der Waals surface area contributed by atoms with E-state index in [1.165, 1.54) is 33.4 Å². The minimum atomic E-state index is -0.879. The monoisotopic (exact) mass is 535 g/mol. The number of benzene rings is 3. The summed E-state index contributed by atoms with van der Waals surface area (Å²) < 4.78 is 2.53. The Morgan fingerprint density at radius 3 is 2.42 bits per heavy atom. The van der Waals surface area contributed by atoms with E-state index in [0.717, 1.165) is 50.0 Å². The van der Waals surface area contributed by atoms with Crippen molar-refractivity contribution in [1.29, 1.82) is 0 Å². The molecule has 0 saturated carbocycles. The molecule has 0 fully saturated rings. The van der Waals surface area contributed by atoms with Gasteiger partial charge in [-0.15, -0.1) is 0 Å². The largest absolute Gasteiger partial charge is 0.478 e. The number of rotatable bonds is 9. The van der Waals surface area contributed by atoms with E-state index in [1.54, 1.807) is 6.07 Å². The van der Waals surface area contributed by atoms with Crippen LogP contribution in [0.15, 0.2) is 78.5 Å². The van der Waals surface area contributed by atoms with Gasteiger partial charge in [0.1, 0.15) is 6.54 Å². The first-order chi connectivity index (χ1) is 19.1. The van der Waals surface area contributed by atoms with E-state index in [9.17, 15) is 9.90 Å². The SMILES string of the molecule is CCCCN1C(=CC=CC2=[N+](CCCC)c3ccc4ccccc4c3C2(C)C)C(C)(C)c2cc(C(=O)O)ccc21. The van der Waals surface area contributed by atoms with Crippen molar-refractivity contribution in [3.8, 4) is 0 Å². The van der Waals surface area contributed by atoms with Crippen molar-refractivity contribution in [2.45, 2.75) is 78.1 Å². The van der Waals surface area contributed by atoms with Crippen molar-refractivity contribution >= 4 is 33.8 Å². The second kappa shape index (κ2) is 10.7. The van der Waals surface area contributed by atoms with Crippen molar-refractivity contribution in [2.75, 3.05) is 18.0 Å². The number of hydrogen-bond acceptors (Lipinski definition) is 2. The lowest BCUT2D eigenvalue weighted by Crippen LogP contribution is -2.28. The first kappa shape index (κ1) is 27.9. The highest BCUT2D eigenvalue weighted by atomic mass is 16.4. The Morgan fingerprint density at radius 1 is 0.950 bits per heavy atom. The van der Waals surface area contributed by atoms with Gasteiger partial charge in [0, 0.05) is 47.5 Å². The molecule has 0 radical (unpaired) electrons. The minimum absolute atomic E-state index is 0.134. The van der Waals surface area contributed by atoms with Gasteiger partial charge in [0.15, 0.2) is 5.71 Å². The molecule has 0 spiro atoms. The van der Waals surface area contributed by atoms with Crippen molar-refractivity contribution in [1.82, 2.24) is 0 Å². The Morgan fingerprint density at radius 2 is 1.70 bits per heavy atom. The Balaban J connectivity index is 1.59. The van der Waals surface area contributed by atoms with Crippen molar-refractivity contribution < 1.29 is 14.5 Å². The summed E-state index contributed by atoms with van der Waals surface area (Å²) >= 11 is 0. The molecule has 4 heteroatoms. The third-order valence-electron chi connectivity index (χ3n) is 8.87. The van der Waals surface area contributed by atoms with Crippen molar-refractivity contribution in [3.63, 3.8) is 0 Å². The third-order valence-corrected chi connectivity index (χ3v) is 8.87. The molecule has 208 valence electrons. The molecule has 2 aliphatic rings. The predicted octanol–water partition coefficient (Wildman–Crippen LogP) is 8.75. The van der Waals surface area contributed by atoms with Crippen LogP contribution in [0.1, 0.15) is 88.7 Å². The summed E-state index contributed by atoms with van der Waals surface area (Å²) in [6.45, 7) is 15.5. The molecule has 3 aromatic rings. The second-order valence-electron chi connectivity index (χ2n) is 12.3. The summed E-state index contributed by atoms with van der Waals surface area (Å²) in [5.41, 5.74) is 7.40. The van der Waals surface area contributed by atoms with Crippen LogP contribution in [-0.2, 0) is 10.8 Å². The fourth-order valence-corrected chi connectivity index (χ4v) is 6.69. The molecule has 2 aliphatic heterocycles. The average Bonchev–Trinajstić information content (AvgIpc) is 3.28. The number of fused-ring (bicyclic) bond motifs is 4. The number of anilines is 1. The summed E-state index contributed by atoms with van der Waals surface area (Å²) in [4.78, 5) is 14.2. The molecular formula is C36H43N2O2+. The van der Waals surface area contributed by atoms with Crippen LogP contribution in [0.5, 0.6) is 0 Å². The maximum Gasteiger partial charge on any atom is 0.335 e. The van der Waals surface area contributed by atoms with Crippen LogP contribution in [-0.4, -0.2) is 34.5 Å². The quantitative estimate of drug-likeness (QED) is 0.279. The molecule has 0 unspecified atom stereocenters. The van der Waals surface area contributed by atoms with E-state index in [0.29, 0.717) is 5.56 Å². The molecular weight excluding hydrogens is 492 g/mol. The number of carboxylic acid groups (broad SMARTS) is 1. The van der Waals surface area contributed by atoms with E-state index in [2.05, 4.69) is 106 Å². The van der Waals surface area contributed by atoms with Gasteiger partial charge in [-0.1, -0.05) is 70.9 Å². The van der Waals surface area contributed by atoms with Gasteiger partial charge >= 0.3 is 5.97 Å². The van der Waals surface area contributed by atoms with Crippen LogP contribution in [0.3, 0.4) is 0 Å². The Bertz CT molecular complexity index is 1550. The highest BCUT2D eigenvalue weighted by Crippen LogP contribution is 2.48. The maximum atomic E-state index is 11.8. The average molecular weight is 536 g/mol. The molecule has 4 nitrogen and oxygen atoms in total. The van der Waals surface area contributed by atoms with Gasteiger partial charge in [-0.2, -0.15) is 4.58 Å². The number of hydrogen-bond donors (Lipinski definition) is 1. The molecule has 0 bridgehead atoms. The van der Waals surface area contributed by atoms with Gasteiger partial charge in [-0.05, 0) is 66.9 Å². The predicted molar refractivity (Wildman–Crippen MR) is 168 cm³/mol. The number of nitrogens with zero attached hydrogens (tertiary/aromatic N) is 2. The number of unbranched alkanes of at least 4 members (excludes halogenated alkanes) is 2. The van der Waals surface area contributed by atoms with Gasteiger partial charge in [0.05, 0.1) is 11.0 Å². The van der Waals surface area contributed by atoms with E-state index in [1.807, 2.05) is 12.1 Å². The molecule has 5 rings (SSSR count). The molecule has 2 heterocycles. The lowest BCUT2D eigenvalue weighted by Gasteiger charge is -2.27. The van der Waals surface area contributed by atoms with E-state index in [4.69, 9.17) is 0 Å². The summed E-state index contributed by atoms with van der Waals surface area (Å²) in [6, 6.07) is 18.9. The van der Waals surface area contributed by atoms with Gasteiger partial charge < -0.3 is 10.0 Å². The van der Waals surface area contributed by atoms with Crippen molar-refractivity contribution in [3.05, 3.63) is 95.2 Å². The molecule has 3 aromatic carbocycles. The summed E-state index contributed by atoms with van der Waals surface area (Å²) in [7, 11) is 0. The van der Waals surface area contributed by atoms with Crippen molar-refractivity contribution in [2.24, 2.45) is 0 Å². The molecule has 0 aromatic heterocycles. The van der Waals surface area contributed by atoms with E-state index < -0.39 is 5.97 Å². The van der Waals surface area contributed by atoms with Gasteiger partial charge in [0.25, 0.3) is 0 Å². The lowest BCUT2D eigenvalue weighted by atomic mass is 9.79. The summed E-state index contributed by atoms with van der Waals surface area (Å²) in [5.74, 6) is -0.879. The lowest BCUT2D eigenvalue weighted by molar-refractivity contribution is -0.438. The minimum Gasteiger partial charge on any atom is -0.478 e. The molecule has 0 atom stereocenters. The number of aromatic carboxylic acids is 1. The zero-order chi connectivity index (χ0) is 28.7. The third kappa shape index (κ3) is 4.58. The standard InChI is InChI=1S/C36H42N2O2/c1-7-9-22-37-29-20-19-26(34(39)40)24-28(29)35(3,4)31(37)16-13-17-32-36(5,6)33-27-15-12-11-14-25(27)18-21-30(33)38(32)23-10-8-2/h11-21,24H,7-10,22-23H2,1-6H3/p+1. The molecule has 0 saturated heterocycles. The van der Waals surface area contributed by atoms with Crippen LogP contribution < -0.4 is 4.90 Å². The second-order valence-corrected chi connectivity index (χ2v) is 12.3. The molecule has 1 N–H and O–H groups in total. The molecule has 0 amide bonds. The Hall–Kier alpha value is -3.66. The van der Waals surface area contributed by atoms with Gasteiger partial charge in [0.2, 0.25) is 5.69 Å². The summed E-state index contributed by atoms with van der Waals surface area (Å²) in [6.07, 6.45) is 11.3. The number of carbonyl (C=O) groups is 1. The number of carboxylic acids is 1.